The Morgan fingerprint density at radius 1 is 1.00 bits per heavy atom. The van der Waals surface area contributed by atoms with Crippen molar-refractivity contribution in [3.8, 4) is 11.5 Å². The zero-order valence-corrected chi connectivity index (χ0v) is 18.1. The van der Waals surface area contributed by atoms with Gasteiger partial charge in [0.1, 0.15) is 6.04 Å². The SMILES string of the molecule is COC(=O)[C@H](Cc1ccc(NC(=O)c2cccc(O)c2OC)cc1)NC(=O)c1cccnc1. The zero-order chi connectivity index (χ0) is 23.8. The first-order chi connectivity index (χ1) is 15.9. The molecule has 0 aliphatic rings. The summed E-state index contributed by atoms with van der Waals surface area (Å²) in [6, 6.07) is 13.6. The fourth-order valence-corrected chi connectivity index (χ4v) is 3.15. The number of aromatic nitrogens is 1. The lowest BCUT2D eigenvalue weighted by Crippen LogP contribution is -2.43. The molecule has 9 heteroatoms. The van der Waals surface area contributed by atoms with Crippen molar-refractivity contribution >= 4 is 23.5 Å². The number of methoxy groups -OCH3 is 2. The van der Waals surface area contributed by atoms with Crippen molar-refractivity contribution in [3.63, 3.8) is 0 Å². The number of benzene rings is 2. The predicted octanol–water partition coefficient (Wildman–Crippen LogP) is 2.56. The number of anilines is 1. The Labute approximate surface area is 190 Å². The molecule has 33 heavy (non-hydrogen) atoms. The lowest BCUT2D eigenvalue weighted by atomic mass is 10.0. The summed E-state index contributed by atoms with van der Waals surface area (Å²) in [6.45, 7) is 0. The molecule has 0 radical (unpaired) electrons. The number of carbonyl (C=O) groups excluding carboxylic acids is 3. The standard InChI is InChI=1S/C24H23N3O6/c1-32-21-18(6-3-7-20(21)28)23(30)26-17-10-8-15(9-11-17)13-19(24(31)33-2)27-22(29)16-5-4-12-25-14-16/h3-12,14,19,28H,13H2,1-2H3,(H,26,30)(H,27,29)/t19-/m0/s1. The van der Waals surface area contributed by atoms with Crippen LogP contribution in [0, 0.1) is 0 Å². The van der Waals surface area contributed by atoms with Gasteiger partial charge in [-0.15, -0.1) is 0 Å². The third-order valence-corrected chi connectivity index (χ3v) is 4.81. The fraction of sp³-hybridized carbons (Fsp3) is 0.167. The average molecular weight is 449 g/mol. The molecule has 0 aliphatic heterocycles. The Bertz CT molecular complexity index is 1130. The maximum absolute atomic E-state index is 12.6. The van der Waals surface area contributed by atoms with Crippen LogP contribution in [0.5, 0.6) is 11.5 Å². The van der Waals surface area contributed by atoms with Crippen molar-refractivity contribution in [1.29, 1.82) is 0 Å². The number of esters is 1. The molecule has 2 amide bonds. The van der Waals surface area contributed by atoms with Crippen molar-refractivity contribution in [2.45, 2.75) is 12.5 Å². The number of pyridine rings is 1. The number of carbonyl (C=O) groups is 3. The highest BCUT2D eigenvalue weighted by atomic mass is 16.5. The second-order valence-electron chi connectivity index (χ2n) is 7.00. The van der Waals surface area contributed by atoms with Gasteiger partial charge in [-0.25, -0.2) is 4.79 Å². The highest BCUT2D eigenvalue weighted by molar-refractivity contribution is 6.06. The first-order valence-corrected chi connectivity index (χ1v) is 9.98. The Morgan fingerprint density at radius 3 is 2.39 bits per heavy atom. The van der Waals surface area contributed by atoms with E-state index in [0.717, 1.165) is 5.56 Å². The largest absolute Gasteiger partial charge is 0.504 e. The second-order valence-corrected chi connectivity index (χ2v) is 7.00. The minimum atomic E-state index is -0.903. The van der Waals surface area contributed by atoms with E-state index in [2.05, 4.69) is 15.6 Å². The summed E-state index contributed by atoms with van der Waals surface area (Å²) in [6.07, 6.45) is 3.14. The molecule has 9 nitrogen and oxygen atoms in total. The smallest absolute Gasteiger partial charge is 0.328 e. The maximum atomic E-state index is 12.6. The molecule has 0 saturated heterocycles. The molecule has 1 atom stereocenters. The fourth-order valence-electron chi connectivity index (χ4n) is 3.15. The van der Waals surface area contributed by atoms with Crippen LogP contribution in [0.25, 0.3) is 0 Å². The summed E-state index contributed by atoms with van der Waals surface area (Å²) < 4.78 is 9.92. The van der Waals surface area contributed by atoms with E-state index in [9.17, 15) is 19.5 Å². The van der Waals surface area contributed by atoms with E-state index in [1.165, 1.54) is 32.5 Å². The molecule has 3 aromatic rings. The van der Waals surface area contributed by atoms with Crippen molar-refractivity contribution in [2.75, 3.05) is 19.5 Å². The molecule has 0 spiro atoms. The number of hydrogen-bond donors (Lipinski definition) is 3. The molecular weight excluding hydrogens is 426 g/mol. The van der Waals surface area contributed by atoms with Crippen LogP contribution in [0.1, 0.15) is 26.3 Å². The summed E-state index contributed by atoms with van der Waals surface area (Å²) in [7, 11) is 2.62. The van der Waals surface area contributed by atoms with Gasteiger partial charge in [0.2, 0.25) is 0 Å². The van der Waals surface area contributed by atoms with Crippen LogP contribution in [-0.2, 0) is 16.0 Å². The topological polar surface area (TPSA) is 127 Å². The van der Waals surface area contributed by atoms with E-state index < -0.39 is 23.8 Å². The van der Waals surface area contributed by atoms with Crippen LogP contribution in [0.4, 0.5) is 5.69 Å². The van der Waals surface area contributed by atoms with Crippen LogP contribution < -0.4 is 15.4 Å². The van der Waals surface area contributed by atoms with Crippen LogP contribution in [0.3, 0.4) is 0 Å². The Kier molecular flexibility index (Phi) is 7.59. The number of ether oxygens (including phenoxy) is 2. The highest BCUT2D eigenvalue weighted by Gasteiger charge is 2.23. The third-order valence-electron chi connectivity index (χ3n) is 4.81. The van der Waals surface area contributed by atoms with E-state index in [4.69, 9.17) is 9.47 Å². The van der Waals surface area contributed by atoms with Crippen molar-refractivity contribution in [3.05, 3.63) is 83.7 Å². The molecule has 0 fully saturated rings. The normalized spacial score (nSPS) is 11.2. The van der Waals surface area contributed by atoms with Gasteiger partial charge in [0.15, 0.2) is 11.5 Å². The molecule has 0 bridgehead atoms. The van der Waals surface area contributed by atoms with Crippen molar-refractivity contribution in [1.82, 2.24) is 10.3 Å². The molecule has 0 unspecified atom stereocenters. The Hall–Kier alpha value is -4.40. The first-order valence-electron chi connectivity index (χ1n) is 9.98. The monoisotopic (exact) mass is 449 g/mol. The second kappa shape index (κ2) is 10.8. The molecule has 3 N–H and O–H groups in total. The summed E-state index contributed by atoms with van der Waals surface area (Å²) in [5.74, 6) is -1.53. The molecule has 1 aromatic heterocycles. The van der Waals surface area contributed by atoms with E-state index >= 15 is 0 Å². The number of aromatic hydroxyl groups is 1. The molecule has 1 heterocycles. The Morgan fingerprint density at radius 2 is 1.76 bits per heavy atom. The number of rotatable bonds is 8. The van der Waals surface area contributed by atoms with Gasteiger partial charge in [0, 0.05) is 24.5 Å². The summed E-state index contributed by atoms with van der Waals surface area (Å²) in [5.41, 5.74) is 1.75. The average Bonchev–Trinajstić information content (AvgIpc) is 2.84. The zero-order valence-electron chi connectivity index (χ0n) is 18.1. The van der Waals surface area contributed by atoms with Gasteiger partial charge in [-0.05, 0) is 42.0 Å². The quantitative estimate of drug-likeness (QED) is 0.451. The maximum Gasteiger partial charge on any atom is 0.328 e. The number of nitrogens with one attached hydrogen (secondary N) is 2. The molecule has 2 aromatic carbocycles. The summed E-state index contributed by atoms with van der Waals surface area (Å²) in [5, 5.41) is 15.2. The van der Waals surface area contributed by atoms with E-state index in [1.807, 2.05) is 0 Å². The number of hydrogen-bond acceptors (Lipinski definition) is 7. The minimum Gasteiger partial charge on any atom is -0.504 e. The van der Waals surface area contributed by atoms with Gasteiger partial charge in [-0.2, -0.15) is 0 Å². The number of phenols is 1. The molecule has 3 rings (SSSR count). The first kappa shape index (κ1) is 23.3. The van der Waals surface area contributed by atoms with Gasteiger partial charge in [0.25, 0.3) is 11.8 Å². The predicted molar refractivity (Wildman–Crippen MR) is 120 cm³/mol. The summed E-state index contributed by atoms with van der Waals surface area (Å²) >= 11 is 0. The van der Waals surface area contributed by atoms with Crippen LogP contribution in [-0.4, -0.2) is 48.1 Å². The van der Waals surface area contributed by atoms with Crippen LogP contribution >= 0.6 is 0 Å². The molecule has 0 aliphatic carbocycles. The summed E-state index contributed by atoms with van der Waals surface area (Å²) in [4.78, 5) is 41.1. The lowest BCUT2D eigenvalue weighted by Gasteiger charge is -2.17. The third kappa shape index (κ3) is 5.85. The van der Waals surface area contributed by atoms with Gasteiger partial charge in [-0.3, -0.25) is 14.6 Å². The van der Waals surface area contributed by atoms with Gasteiger partial charge >= 0.3 is 5.97 Å². The van der Waals surface area contributed by atoms with Crippen molar-refractivity contribution in [2.24, 2.45) is 0 Å². The Balaban J connectivity index is 1.69. The number of para-hydroxylation sites is 1. The van der Waals surface area contributed by atoms with Crippen molar-refractivity contribution < 1.29 is 29.0 Å². The van der Waals surface area contributed by atoms with E-state index in [1.54, 1.807) is 48.7 Å². The lowest BCUT2D eigenvalue weighted by molar-refractivity contribution is -0.142. The van der Waals surface area contributed by atoms with Crippen LogP contribution in [0.15, 0.2) is 67.0 Å². The van der Waals surface area contributed by atoms with Gasteiger partial charge < -0.3 is 25.2 Å². The molecule has 170 valence electrons. The highest BCUT2D eigenvalue weighted by Crippen LogP contribution is 2.30. The number of nitrogens with zero attached hydrogens (tertiary/aromatic N) is 1. The molecular formula is C24H23N3O6. The minimum absolute atomic E-state index is 0.0805. The molecule has 0 saturated carbocycles. The number of amides is 2. The van der Waals surface area contributed by atoms with Crippen LogP contribution in [0.2, 0.25) is 0 Å². The van der Waals surface area contributed by atoms with E-state index in [-0.39, 0.29) is 23.5 Å². The van der Waals surface area contributed by atoms with Gasteiger partial charge in [-0.1, -0.05) is 18.2 Å². The van der Waals surface area contributed by atoms with Gasteiger partial charge in [0.05, 0.1) is 25.3 Å². The number of phenolic OH excluding ortho intramolecular Hbond substituents is 1. The van der Waals surface area contributed by atoms with E-state index in [0.29, 0.717) is 11.3 Å².